The second kappa shape index (κ2) is 8.14. The van der Waals surface area contributed by atoms with Crippen molar-refractivity contribution in [1.29, 1.82) is 0 Å². The Morgan fingerprint density at radius 2 is 1.88 bits per heavy atom. The van der Waals surface area contributed by atoms with Gasteiger partial charge < -0.3 is 5.32 Å². The van der Waals surface area contributed by atoms with Crippen LogP contribution in [0.2, 0.25) is 0 Å². The molecule has 5 rings (SSSR count). The van der Waals surface area contributed by atoms with E-state index in [0.717, 1.165) is 27.6 Å². The molecule has 33 heavy (non-hydrogen) atoms. The molecule has 0 fully saturated rings. The van der Waals surface area contributed by atoms with Crippen molar-refractivity contribution in [3.63, 3.8) is 0 Å². The lowest BCUT2D eigenvalue weighted by Crippen LogP contribution is -2.33. The number of imidazole rings is 1. The van der Waals surface area contributed by atoms with Crippen molar-refractivity contribution < 1.29 is 4.79 Å². The van der Waals surface area contributed by atoms with Crippen molar-refractivity contribution in [3.8, 4) is 17.1 Å². The van der Waals surface area contributed by atoms with Gasteiger partial charge in [-0.1, -0.05) is 12.1 Å². The fraction of sp³-hybridized carbons (Fsp3) is 0.174. The SMILES string of the molecule is Cc1cc(C)n(-c2ccc(=O)n(C(C)C(=O)Nc3ccc(-c4cn5ccsc5n4)cc3)n2)n1. The van der Waals surface area contributed by atoms with E-state index in [9.17, 15) is 9.59 Å². The highest BCUT2D eigenvalue weighted by atomic mass is 32.1. The maximum Gasteiger partial charge on any atom is 0.267 e. The zero-order valence-corrected chi connectivity index (χ0v) is 19.1. The van der Waals surface area contributed by atoms with Gasteiger partial charge >= 0.3 is 0 Å². The van der Waals surface area contributed by atoms with Gasteiger partial charge in [0, 0.05) is 40.8 Å². The summed E-state index contributed by atoms with van der Waals surface area (Å²) in [6, 6.07) is 11.5. The molecular weight excluding hydrogens is 438 g/mol. The molecule has 0 aliphatic rings. The van der Waals surface area contributed by atoms with Crippen molar-refractivity contribution in [1.82, 2.24) is 28.9 Å². The van der Waals surface area contributed by atoms with Crippen LogP contribution in [0.1, 0.15) is 24.4 Å². The van der Waals surface area contributed by atoms with E-state index in [2.05, 4.69) is 20.5 Å². The number of nitrogens with zero attached hydrogens (tertiary/aromatic N) is 6. The highest BCUT2D eigenvalue weighted by molar-refractivity contribution is 7.15. The van der Waals surface area contributed by atoms with E-state index in [1.807, 2.05) is 66.4 Å². The van der Waals surface area contributed by atoms with Gasteiger partial charge in [0.25, 0.3) is 5.56 Å². The van der Waals surface area contributed by atoms with Gasteiger partial charge in [-0.2, -0.15) is 5.10 Å². The summed E-state index contributed by atoms with van der Waals surface area (Å²) in [6.07, 6.45) is 3.93. The van der Waals surface area contributed by atoms with Crippen molar-refractivity contribution >= 4 is 27.9 Å². The van der Waals surface area contributed by atoms with Crippen molar-refractivity contribution in [3.05, 3.63) is 82.0 Å². The summed E-state index contributed by atoms with van der Waals surface area (Å²) in [5.74, 6) is 0.134. The molecule has 166 valence electrons. The lowest BCUT2D eigenvalue weighted by Gasteiger charge is -2.15. The molecule has 9 nitrogen and oxygen atoms in total. The summed E-state index contributed by atoms with van der Waals surface area (Å²) in [6.45, 7) is 5.43. The summed E-state index contributed by atoms with van der Waals surface area (Å²) in [5, 5.41) is 13.6. The molecule has 0 spiro atoms. The van der Waals surface area contributed by atoms with Crippen molar-refractivity contribution in [2.24, 2.45) is 0 Å². The van der Waals surface area contributed by atoms with E-state index in [1.54, 1.807) is 29.0 Å². The molecule has 1 unspecified atom stereocenters. The highest BCUT2D eigenvalue weighted by Crippen LogP contribution is 2.23. The standard InChI is InChI=1S/C23H21N7O2S/c1-14-12-15(2)29(26-14)20-8-9-21(31)30(27-20)16(3)22(32)24-18-6-4-17(5-7-18)19-13-28-10-11-33-23(28)25-19/h4-13,16H,1-3H3,(H,24,32). The smallest absolute Gasteiger partial charge is 0.267 e. The van der Waals surface area contributed by atoms with Gasteiger partial charge in [0.2, 0.25) is 5.91 Å². The molecule has 0 saturated heterocycles. The minimum absolute atomic E-state index is 0.342. The topological polar surface area (TPSA) is 99.1 Å². The average molecular weight is 460 g/mol. The third kappa shape index (κ3) is 3.96. The summed E-state index contributed by atoms with van der Waals surface area (Å²) < 4.78 is 4.80. The van der Waals surface area contributed by atoms with E-state index >= 15 is 0 Å². The number of carbonyl (C=O) groups is 1. The zero-order chi connectivity index (χ0) is 23.1. The van der Waals surface area contributed by atoms with E-state index in [4.69, 9.17) is 0 Å². The molecular formula is C23H21N7O2S. The maximum absolute atomic E-state index is 12.9. The number of anilines is 1. The molecule has 0 radical (unpaired) electrons. The van der Waals surface area contributed by atoms with Crippen molar-refractivity contribution in [2.75, 3.05) is 5.32 Å². The largest absolute Gasteiger partial charge is 0.324 e. The Balaban J connectivity index is 1.34. The minimum Gasteiger partial charge on any atom is -0.324 e. The van der Waals surface area contributed by atoms with Crippen LogP contribution >= 0.6 is 11.3 Å². The number of hydrogen-bond donors (Lipinski definition) is 1. The van der Waals surface area contributed by atoms with E-state index in [1.165, 1.54) is 10.7 Å². The second-order valence-electron chi connectivity index (χ2n) is 7.77. The first-order valence-corrected chi connectivity index (χ1v) is 11.2. The number of benzene rings is 1. The van der Waals surface area contributed by atoms with Gasteiger partial charge in [-0.15, -0.1) is 16.4 Å². The molecule has 0 bridgehead atoms. The summed E-state index contributed by atoms with van der Waals surface area (Å²) in [4.78, 5) is 30.8. The molecule has 10 heteroatoms. The number of fused-ring (bicyclic) bond motifs is 1. The van der Waals surface area contributed by atoms with Crippen LogP contribution in [0.5, 0.6) is 0 Å². The normalized spacial score (nSPS) is 12.2. The number of carbonyl (C=O) groups excluding carboxylic acids is 1. The van der Waals surface area contributed by atoms with Crippen LogP contribution in [0, 0.1) is 13.8 Å². The van der Waals surface area contributed by atoms with Crippen LogP contribution in [0.25, 0.3) is 22.0 Å². The number of thiazole rings is 1. The average Bonchev–Trinajstić information content (AvgIpc) is 3.49. The predicted molar refractivity (Wildman–Crippen MR) is 127 cm³/mol. The predicted octanol–water partition coefficient (Wildman–Crippen LogP) is 3.62. The highest BCUT2D eigenvalue weighted by Gasteiger charge is 2.19. The molecule has 0 aliphatic carbocycles. The van der Waals surface area contributed by atoms with Gasteiger partial charge in [0.05, 0.1) is 11.4 Å². The van der Waals surface area contributed by atoms with Gasteiger partial charge in [-0.05, 0) is 45.0 Å². The maximum atomic E-state index is 12.9. The first kappa shape index (κ1) is 20.8. The van der Waals surface area contributed by atoms with Gasteiger partial charge in [-0.3, -0.25) is 14.0 Å². The first-order chi connectivity index (χ1) is 15.9. The number of hydrogen-bond acceptors (Lipinski definition) is 6. The Hall–Kier alpha value is -4.05. The van der Waals surface area contributed by atoms with E-state index in [0.29, 0.717) is 11.5 Å². The molecule has 5 aromatic rings. The fourth-order valence-electron chi connectivity index (χ4n) is 3.62. The van der Waals surface area contributed by atoms with E-state index in [-0.39, 0.29) is 11.5 Å². The Kier molecular flexibility index (Phi) is 5.14. The third-order valence-corrected chi connectivity index (χ3v) is 6.10. The quantitative estimate of drug-likeness (QED) is 0.433. The van der Waals surface area contributed by atoms with Crippen LogP contribution in [0.15, 0.2) is 65.0 Å². The first-order valence-electron chi connectivity index (χ1n) is 10.4. The number of rotatable bonds is 5. The van der Waals surface area contributed by atoms with Crippen LogP contribution in [-0.2, 0) is 4.79 Å². The fourth-order valence-corrected chi connectivity index (χ4v) is 4.32. The summed E-state index contributed by atoms with van der Waals surface area (Å²) in [5.41, 5.74) is 3.81. The molecule has 4 heterocycles. The number of amides is 1. The number of nitrogens with one attached hydrogen (secondary N) is 1. The summed E-state index contributed by atoms with van der Waals surface area (Å²) >= 11 is 1.57. The number of aryl methyl sites for hydroxylation is 2. The lowest BCUT2D eigenvalue weighted by molar-refractivity contribution is -0.119. The summed E-state index contributed by atoms with van der Waals surface area (Å²) in [7, 11) is 0. The molecule has 1 N–H and O–H groups in total. The molecule has 1 amide bonds. The Morgan fingerprint density at radius 1 is 1.09 bits per heavy atom. The molecule has 0 aliphatic heterocycles. The second-order valence-corrected chi connectivity index (χ2v) is 8.65. The molecule has 0 saturated carbocycles. The van der Waals surface area contributed by atoms with Crippen LogP contribution in [-0.4, -0.2) is 34.9 Å². The van der Waals surface area contributed by atoms with E-state index < -0.39 is 6.04 Å². The Bertz CT molecular complexity index is 1500. The van der Waals surface area contributed by atoms with Gasteiger partial charge in [0.15, 0.2) is 10.8 Å². The zero-order valence-electron chi connectivity index (χ0n) is 18.3. The van der Waals surface area contributed by atoms with Crippen LogP contribution in [0.4, 0.5) is 5.69 Å². The lowest BCUT2D eigenvalue weighted by atomic mass is 10.1. The Morgan fingerprint density at radius 3 is 2.58 bits per heavy atom. The van der Waals surface area contributed by atoms with Crippen molar-refractivity contribution in [2.45, 2.75) is 26.8 Å². The minimum atomic E-state index is -0.811. The van der Waals surface area contributed by atoms with Gasteiger partial charge in [0.1, 0.15) is 6.04 Å². The number of aromatic nitrogens is 6. The molecule has 4 aromatic heterocycles. The van der Waals surface area contributed by atoms with Crippen LogP contribution in [0.3, 0.4) is 0 Å². The monoisotopic (exact) mass is 459 g/mol. The Labute approximate surface area is 193 Å². The van der Waals surface area contributed by atoms with Crippen LogP contribution < -0.4 is 10.9 Å². The molecule has 1 atom stereocenters. The third-order valence-electron chi connectivity index (χ3n) is 5.33. The molecule has 1 aromatic carbocycles. The van der Waals surface area contributed by atoms with Gasteiger partial charge in [-0.25, -0.2) is 14.3 Å².